The molecule has 0 aliphatic heterocycles. The van der Waals surface area contributed by atoms with Crippen LogP contribution in [0.5, 0.6) is 0 Å². The van der Waals surface area contributed by atoms with Gasteiger partial charge in [-0.05, 0) is 0 Å². The second-order valence-electron chi connectivity index (χ2n) is 1.52. The van der Waals surface area contributed by atoms with Crippen LogP contribution >= 0.6 is 0 Å². The minimum Gasteiger partial charge on any atom is -0.440 e. The molecule has 0 atom stereocenters. The summed E-state index contributed by atoms with van der Waals surface area (Å²) in [5.74, 6) is 0. The van der Waals surface area contributed by atoms with Crippen LogP contribution in [0.2, 0.25) is 0 Å². The smallest absolute Gasteiger partial charge is 0.440 e. The second kappa shape index (κ2) is 53.6. The Hall–Kier alpha value is 1.08. The van der Waals surface area contributed by atoms with Gasteiger partial charge < -0.3 is 10.2 Å². The van der Waals surface area contributed by atoms with Gasteiger partial charge in [-0.15, -0.1) is 0 Å². The van der Waals surface area contributed by atoms with Crippen LogP contribution in [0.3, 0.4) is 0 Å². The molecule has 3 nitrogen and oxygen atoms in total. The predicted octanol–water partition coefficient (Wildman–Crippen LogP) is 2.17. The largest absolute Gasteiger partial charge is 1.00 e. The molecule has 0 saturated carbocycles. The quantitative estimate of drug-likeness (QED) is 0.729. The molecule has 2 amide bonds. The van der Waals surface area contributed by atoms with E-state index in [0.29, 0.717) is 0 Å². The number of carbonyl (C=O) groups excluding carboxylic acids is 1. The molecule has 0 fully saturated rings. The van der Waals surface area contributed by atoms with Gasteiger partial charge in [-0.2, -0.15) is 0 Å². The van der Waals surface area contributed by atoms with Crippen LogP contribution < -0.4 is 58.2 Å². The van der Waals surface area contributed by atoms with Gasteiger partial charge in [-0.3, -0.25) is 4.79 Å². The van der Waals surface area contributed by atoms with Gasteiger partial charge in [0.25, 0.3) is 0 Å². The summed E-state index contributed by atoms with van der Waals surface area (Å²) < 4.78 is 0. The van der Waals surface area contributed by atoms with Gasteiger partial charge in [-0.25, -0.2) is 0 Å². The van der Waals surface area contributed by atoms with Gasteiger partial charge in [0.15, 0.2) is 6.03 Å². The van der Waals surface area contributed by atoms with Crippen molar-refractivity contribution < 1.29 is 63.0 Å². The van der Waals surface area contributed by atoms with Crippen molar-refractivity contribution in [3.8, 4) is 0 Å². The van der Waals surface area contributed by atoms with Gasteiger partial charge in [-0.1, -0.05) is 83.0 Å². The summed E-state index contributed by atoms with van der Waals surface area (Å²) in [5.41, 5.74) is 0. The van der Waals surface area contributed by atoms with Gasteiger partial charge >= 0.3 is 58.2 Å². The van der Waals surface area contributed by atoms with E-state index in [9.17, 15) is 4.79 Å². The third-order valence-corrected chi connectivity index (χ3v) is 0.992. The van der Waals surface area contributed by atoms with Crippen LogP contribution in [0.4, 0.5) is 4.79 Å². The van der Waals surface area contributed by atoms with Crippen molar-refractivity contribution in [3.63, 3.8) is 0 Å². The molecule has 0 aliphatic carbocycles. The van der Waals surface area contributed by atoms with Crippen LogP contribution in [0.1, 0.15) is 62.3 Å². The first-order valence-corrected chi connectivity index (χ1v) is 6.57. The Morgan fingerprint density at radius 1 is 0.941 bits per heavy atom. The monoisotopic (exact) mass is 320 g/mol. The van der Waals surface area contributed by atoms with Crippen LogP contribution in [-0.2, 0) is 0 Å². The van der Waals surface area contributed by atoms with Gasteiger partial charge in [0.1, 0.15) is 0 Å². The summed E-state index contributed by atoms with van der Waals surface area (Å²) in [4.78, 5) is 12.0. The number of hydrogen-bond donors (Lipinski definition) is 0. The summed E-state index contributed by atoms with van der Waals surface area (Å²) in [6, 6.07) is -0.160. The summed E-state index contributed by atoms with van der Waals surface area (Å²) in [6.07, 6.45) is 0. The van der Waals surface area contributed by atoms with Crippen molar-refractivity contribution in [2.75, 3.05) is 20.6 Å². The molecule has 0 saturated heterocycles. The fraction of sp³-hybridized carbons (Fsp3) is 0.923. The molecule has 0 aromatic rings. The number of carbonyl (C=O) groups is 1. The van der Waals surface area contributed by atoms with E-state index < -0.39 is 0 Å². The van der Waals surface area contributed by atoms with Crippen molar-refractivity contribution in [1.29, 1.82) is 0 Å². The molecule has 0 N–H and O–H groups in total. The molecule has 0 aliphatic rings. The van der Waals surface area contributed by atoms with Crippen LogP contribution in [-0.4, -0.2) is 31.6 Å². The summed E-state index contributed by atoms with van der Waals surface area (Å²) >= 11 is 0. The zero-order valence-electron chi connectivity index (χ0n) is 14.5. The molecule has 4 heteroatoms. The molecule has 0 spiro atoms. The molecule has 0 bridgehead atoms. The minimum absolute atomic E-state index is 0. The molecule has 17 heavy (non-hydrogen) atoms. The Balaban J connectivity index is -0.0000000287. The first-order valence-electron chi connectivity index (χ1n) is 6.57. The predicted molar refractivity (Wildman–Crippen MR) is 78.4 cm³/mol. The Labute approximate surface area is 160 Å². The average Bonchev–Trinajstić information content (AvgIpc) is 2.45. The van der Waals surface area contributed by atoms with Crippen molar-refractivity contribution in [2.24, 2.45) is 0 Å². The van der Waals surface area contributed by atoms with Crippen molar-refractivity contribution in [1.82, 2.24) is 4.90 Å². The summed E-state index contributed by atoms with van der Waals surface area (Å²) in [7, 11) is 3.21. The SMILES string of the molecule is CC.CC.CC.CC.CCN(C)C(=O)[N-]C.[Rb+]. The number of nitrogens with zero attached hydrogens (tertiary/aromatic N) is 2. The minimum atomic E-state index is -0.160. The van der Waals surface area contributed by atoms with E-state index in [1.165, 1.54) is 7.05 Å². The Bertz CT molecular complexity index is 91.5. The first kappa shape index (κ1) is 36.1. The molecule has 0 aromatic heterocycles. The van der Waals surface area contributed by atoms with E-state index in [1.807, 2.05) is 62.3 Å². The number of amides is 2. The molecule has 0 heterocycles. The first-order chi connectivity index (χ1) is 7.72. The Morgan fingerprint density at radius 2 is 1.18 bits per heavy atom. The third kappa shape index (κ3) is 47.1. The maximum absolute atomic E-state index is 10.5. The van der Waals surface area contributed by atoms with E-state index in [2.05, 4.69) is 5.32 Å². The zero-order chi connectivity index (χ0) is 14.6. The molecule has 0 rings (SSSR count). The second-order valence-corrected chi connectivity index (χ2v) is 1.52. The number of urea groups is 1. The molecule has 104 valence electrons. The number of hydrogen-bond acceptors (Lipinski definition) is 1. The van der Waals surface area contributed by atoms with E-state index >= 15 is 0 Å². The van der Waals surface area contributed by atoms with Crippen LogP contribution in [0.15, 0.2) is 0 Å². The van der Waals surface area contributed by atoms with Gasteiger partial charge in [0.05, 0.1) is 0 Å². The molecular weight excluding hydrogens is 286 g/mol. The van der Waals surface area contributed by atoms with E-state index in [4.69, 9.17) is 0 Å². The maximum Gasteiger partial charge on any atom is 1.00 e. The standard InChI is InChI=1S/C5H12N2O.4C2H6.Rb/c1-4-7(3)5(8)6-2;4*1-2;/h4H2,1-3H3,(H,6,8);4*1-2H3;/q;;;;;+1/p-1. The topological polar surface area (TPSA) is 34.4 Å². The fourth-order valence-corrected chi connectivity index (χ4v) is 0.306. The van der Waals surface area contributed by atoms with Crippen LogP contribution in [0.25, 0.3) is 5.32 Å². The van der Waals surface area contributed by atoms with Gasteiger partial charge in [0, 0.05) is 0 Å². The third-order valence-electron chi connectivity index (χ3n) is 0.992. The molecule has 0 unspecified atom stereocenters. The number of rotatable bonds is 1. The summed E-state index contributed by atoms with van der Waals surface area (Å²) in [5, 5.41) is 3.45. The zero-order valence-corrected chi connectivity index (χ0v) is 19.4. The van der Waals surface area contributed by atoms with Crippen molar-refractivity contribution in [3.05, 3.63) is 5.32 Å². The summed E-state index contributed by atoms with van der Waals surface area (Å²) in [6.45, 7) is 18.6. The van der Waals surface area contributed by atoms with Crippen molar-refractivity contribution in [2.45, 2.75) is 62.3 Å². The van der Waals surface area contributed by atoms with Crippen LogP contribution in [0, 0.1) is 0 Å². The van der Waals surface area contributed by atoms with E-state index in [-0.39, 0.29) is 64.2 Å². The van der Waals surface area contributed by atoms with Gasteiger partial charge in [0.2, 0.25) is 0 Å². The Morgan fingerprint density at radius 3 is 1.24 bits per heavy atom. The average molecular weight is 321 g/mol. The molecular formula is C13H35N2ORb. The molecule has 0 radical (unpaired) electrons. The van der Waals surface area contributed by atoms with E-state index in [0.717, 1.165) is 6.54 Å². The normalized spacial score (nSPS) is 5.35. The van der Waals surface area contributed by atoms with Crippen molar-refractivity contribution >= 4 is 6.03 Å². The molecule has 0 aromatic carbocycles. The Kier molecular flexibility index (Phi) is 114. The van der Waals surface area contributed by atoms with E-state index in [1.54, 1.807) is 11.9 Å². The fourth-order valence-electron chi connectivity index (χ4n) is 0.306. The maximum atomic E-state index is 10.5.